The second-order valence-corrected chi connectivity index (χ2v) is 8.10. The summed E-state index contributed by atoms with van der Waals surface area (Å²) in [5.74, 6) is 0.495. The van der Waals surface area contributed by atoms with Crippen molar-refractivity contribution in [2.24, 2.45) is 5.92 Å². The second kappa shape index (κ2) is 8.48. The lowest BCUT2D eigenvalue weighted by molar-refractivity contribution is -0.122. The molecule has 146 valence electrons. The molecular formula is C20H27ClN4O2. The van der Waals surface area contributed by atoms with Gasteiger partial charge in [0.1, 0.15) is 5.52 Å². The minimum Gasteiger partial charge on any atom is -0.423 e. The molecule has 4 rings (SSSR count). The molecule has 2 saturated heterocycles. The van der Waals surface area contributed by atoms with Crippen LogP contribution >= 0.6 is 11.6 Å². The van der Waals surface area contributed by atoms with Crippen LogP contribution in [0.2, 0.25) is 5.02 Å². The van der Waals surface area contributed by atoms with Crippen molar-refractivity contribution in [1.29, 1.82) is 0 Å². The van der Waals surface area contributed by atoms with Gasteiger partial charge in [0.2, 0.25) is 5.91 Å². The smallest absolute Gasteiger partial charge is 0.298 e. The van der Waals surface area contributed by atoms with Gasteiger partial charge >= 0.3 is 0 Å². The van der Waals surface area contributed by atoms with E-state index >= 15 is 0 Å². The number of hydrogen-bond acceptors (Lipinski definition) is 5. The zero-order valence-electron chi connectivity index (χ0n) is 15.6. The predicted molar refractivity (Wildman–Crippen MR) is 107 cm³/mol. The molecule has 7 heteroatoms. The topological polar surface area (TPSA) is 61.6 Å². The molecule has 0 spiro atoms. The lowest BCUT2D eigenvalue weighted by Crippen LogP contribution is -2.39. The molecule has 2 aliphatic rings. The summed E-state index contributed by atoms with van der Waals surface area (Å²) in [5.41, 5.74) is 1.52. The maximum Gasteiger partial charge on any atom is 0.298 e. The molecule has 1 aromatic carbocycles. The Morgan fingerprint density at radius 2 is 2.11 bits per heavy atom. The number of fused-ring (bicyclic) bond motifs is 1. The molecule has 2 aliphatic heterocycles. The molecule has 1 amide bonds. The summed E-state index contributed by atoms with van der Waals surface area (Å²) in [6.07, 6.45) is 5.26. The average Bonchev–Trinajstić information content (AvgIpc) is 3.31. The summed E-state index contributed by atoms with van der Waals surface area (Å²) in [7, 11) is 0. The van der Waals surface area contributed by atoms with Crippen molar-refractivity contribution in [3.8, 4) is 0 Å². The van der Waals surface area contributed by atoms with Crippen LogP contribution in [0.3, 0.4) is 0 Å². The molecule has 2 fully saturated rings. The Morgan fingerprint density at radius 1 is 1.26 bits per heavy atom. The molecule has 3 heterocycles. The van der Waals surface area contributed by atoms with Crippen LogP contribution in [0.4, 0.5) is 6.01 Å². The number of aromatic nitrogens is 1. The predicted octanol–water partition coefficient (Wildman–Crippen LogP) is 3.30. The lowest BCUT2D eigenvalue weighted by Gasteiger charge is -2.31. The van der Waals surface area contributed by atoms with Crippen LogP contribution in [-0.4, -0.2) is 55.1 Å². The highest BCUT2D eigenvalue weighted by atomic mass is 35.5. The minimum atomic E-state index is 0.158. The van der Waals surface area contributed by atoms with Gasteiger partial charge < -0.3 is 19.5 Å². The van der Waals surface area contributed by atoms with Crippen molar-refractivity contribution in [2.45, 2.75) is 32.1 Å². The number of piperidine rings is 1. The fourth-order valence-corrected chi connectivity index (χ4v) is 4.28. The Kier molecular flexibility index (Phi) is 5.83. The molecule has 0 radical (unpaired) electrons. The summed E-state index contributed by atoms with van der Waals surface area (Å²) < 4.78 is 5.89. The Bertz CT molecular complexity index is 787. The summed E-state index contributed by atoms with van der Waals surface area (Å²) >= 11 is 6.03. The molecule has 0 saturated carbocycles. The van der Waals surface area contributed by atoms with Crippen LogP contribution in [0, 0.1) is 5.92 Å². The molecule has 1 atom stereocenters. The van der Waals surface area contributed by atoms with E-state index in [9.17, 15) is 4.79 Å². The van der Waals surface area contributed by atoms with E-state index in [0.29, 0.717) is 29.0 Å². The molecule has 0 aliphatic carbocycles. The lowest BCUT2D eigenvalue weighted by atomic mass is 9.94. The van der Waals surface area contributed by atoms with E-state index in [1.807, 2.05) is 12.1 Å². The first-order chi connectivity index (χ1) is 13.2. The number of halogens is 1. The van der Waals surface area contributed by atoms with E-state index in [-0.39, 0.29) is 5.91 Å². The number of anilines is 1. The van der Waals surface area contributed by atoms with E-state index in [4.69, 9.17) is 16.0 Å². The highest BCUT2D eigenvalue weighted by Gasteiger charge is 2.25. The number of nitrogens with one attached hydrogen (secondary N) is 1. The molecule has 6 nitrogen and oxygen atoms in total. The van der Waals surface area contributed by atoms with Crippen LogP contribution in [0.25, 0.3) is 11.1 Å². The molecule has 1 N–H and O–H groups in total. The first-order valence-electron chi connectivity index (χ1n) is 9.97. The third kappa shape index (κ3) is 4.74. The number of carbonyl (C=O) groups is 1. The summed E-state index contributed by atoms with van der Waals surface area (Å²) in [6.45, 7) is 5.77. The van der Waals surface area contributed by atoms with Crippen molar-refractivity contribution in [3.05, 3.63) is 23.2 Å². The molecule has 1 aromatic heterocycles. The Labute approximate surface area is 164 Å². The number of likely N-dealkylation sites (tertiary alicyclic amines) is 1. The standard InChI is InChI=1S/C20H27ClN4O2/c21-16-5-6-17-18(13-16)27-20(23-17)25-10-3-4-15(14-25)12-19(26)22-7-11-24-8-1-2-9-24/h5-6,13,15H,1-4,7-12,14H2,(H,22,26). The number of hydrogen-bond donors (Lipinski definition) is 1. The van der Waals surface area contributed by atoms with E-state index < -0.39 is 0 Å². The maximum atomic E-state index is 12.3. The SMILES string of the molecule is O=C(CC1CCCN(c2nc3ccc(Cl)cc3o2)C1)NCCN1CCCC1. The Hall–Kier alpha value is -1.79. The maximum absolute atomic E-state index is 12.3. The van der Waals surface area contributed by atoms with Gasteiger partial charge in [-0.25, -0.2) is 0 Å². The fourth-order valence-electron chi connectivity index (χ4n) is 4.12. The fraction of sp³-hybridized carbons (Fsp3) is 0.600. The number of nitrogens with zero attached hydrogens (tertiary/aromatic N) is 3. The summed E-state index contributed by atoms with van der Waals surface area (Å²) in [5, 5.41) is 3.73. The average molecular weight is 391 g/mol. The van der Waals surface area contributed by atoms with Gasteiger partial charge in [0, 0.05) is 43.7 Å². The molecule has 0 bridgehead atoms. The van der Waals surface area contributed by atoms with Gasteiger partial charge in [-0.05, 0) is 56.8 Å². The van der Waals surface area contributed by atoms with Crippen LogP contribution in [0.15, 0.2) is 22.6 Å². The van der Waals surface area contributed by atoms with E-state index in [1.165, 1.54) is 25.9 Å². The van der Waals surface area contributed by atoms with Crippen LogP contribution in [-0.2, 0) is 4.79 Å². The van der Waals surface area contributed by atoms with Crippen molar-refractivity contribution in [3.63, 3.8) is 0 Å². The largest absolute Gasteiger partial charge is 0.423 e. The first kappa shape index (κ1) is 18.6. The number of carbonyl (C=O) groups excluding carboxylic acids is 1. The van der Waals surface area contributed by atoms with Crippen LogP contribution < -0.4 is 10.2 Å². The summed E-state index contributed by atoms with van der Waals surface area (Å²) in [4.78, 5) is 21.5. The van der Waals surface area contributed by atoms with Crippen molar-refractivity contribution in [1.82, 2.24) is 15.2 Å². The quantitative estimate of drug-likeness (QED) is 0.819. The van der Waals surface area contributed by atoms with Gasteiger partial charge in [-0.2, -0.15) is 4.98 Å². The zero-order chi connectivity index (χ0) is 18.6. The van der Waals surface area contributed by atoms with E-state index in [0.717, 1.165) is 44.5 Å². The number of amides is 1. The number of benzene rings is 1. The van der Waals surface area contributed by atoms with Gasteiger partial charge in [0.25, 0.3) is 6.01 Å². The van der Waals surface area contributed by atoms with E-state index in [2.05, 4.69) is 20.1 Å². The molecule has 2 aromatic rings. The Morgan fingerprint density at radius 3 is 2.96 bits per heavy atom. The first-order valence-corrected chi connectivity index (χ1v) is 10.4. The third-order valence-corrected chi connectivity index (χ3v) is 5.79. The van der Waals surface area contributed by atoms with Gasteiger partial charge in [0.05, 0.1) is 0 Å². The molecule has 27 heavy (non-hydrogen) atoms. The van der Waals surface area contributed by atoms with Crippen molar-refractivity contribution < 1.29 is 9.21 Å². The van der Waals surface area contributed by atoms with Crippen LogP contribution in [0.5, 0.6) is 0 Å². The summed E-state index contributed by atoms with van der Waals surface area (Å²) in [6, 6.07) is 6.12. The van der Waals surface area contributed by atoms with Crippen LogP contribution in [0.1, 0.15) is 32.1 Å². The highest BCUT2D eigenvalue weighted by Crippen LogP contribution is 2.28. The van der Waals surface area contributed by atoms with Gasteiger partial charge in [-0.1, -0.05) is 11.6 Å². The zero-order valence-corrected chi connectivity index (χ0v) is 16.4. The monoisotopic (exact) mass is 390 g/mol. The van der Waals surface area contributed by atoms with Gasteiger partial charge in [-0.3, -0.25) is 4.79 Å². The van der Waals surface area contributed by atoms with E-state index in [1.54, 1.807) is 6.07 Å². The van der Waals surface area contributed by atoms with Crippen molar-refractivity contribution in [2.75, 3.05) is 44.2 Å². The normalized spacial score (nSPS) is 21.1. The minimum absolute atomic E-state index is 0.158. The van der Waals surface area contributed by atoms with Gasteiger partial charge in [-0.15, -0.1) is 0 Å². The van der Waals surface area contributed by atoms with Crippen molar-refractivity contribution >= 4 is 34.6 Å². The highest BCUT2D eigenvalue weighted by molar-refractivity contribution is 6.31. The Balaban J connectivity index is 1.28. The molecular weight excluding hydrogens is 364 g/mol. The third-order valence-electron chi connectivity index (χ3n) is 5.55. The molecule has 1 unspecified atom stereocenters. The number of oxazole rings is 1. The number of rotatable bonds is 6. The van der Waals surface area contributed by atoms with Gasteiger partial charge in [0.15, 0.2) is 5.58 Å². The second-order valence-electron chi connectivity index (χ2n) is 7.67.